The first-order chi connectivity index (χ1) is 11.1. The van der Waals surface area contributed by atoms with Crippen LogP contribution < -0.4 is 0 Å². The molecule has 1 atom stereocenters. The van der Waals surface area contributed by atoms with Crippen LogP contribution in [0.4, 0.5) is 4.79 Å². The van der Waals surface area contributed by atoms with E-state index in [1.165, 1.54) is 6.42 Å². The highest BCUT2D eigenvalue weighted by molar-refractivity contribution is 6.16. The van der Waals surface area contributed by atoms with E-state index in [-0.39, 0.29) is 23.9 Å². The second kappa shape index (κ2) is 6.81. The maximum Gasteiger partial charge on any atom is 0.501 e. The van der Waals surface area contributed by atoms with E-state index in [2.05, 4.69) is 13.8 Å². The largest absolute Gasteiger partial charge is 0.501 e. The van der Waals surface area contributed by atoms with Crippen LogP contribution in [-0.4, -0.2) is 39.7 Å². The Bertz CT molecular complexity index is 580. The molecule has 3 rings (SSSR count). The molecule has 23 heavy (non-hydrogen) atoms. The number of carbonyl (C=O) groups excluding carboxylic acids is 2. The van der Waals surface area contributed by atoms with Gasteiger partial charge in [-0.3, -0.25) is 0 Å². The summed E-state index contributed by atoms with van der Waals surface area (Å²) in [6.45, 7) is 5.02. The summed E-state index contributed by atoms with van der Waals surface area (Å²) in [5, 5.41) is 0. The fraction of sp³-hybridized carbons (Fsp3) is 0.632. The zero-order valence-electron chi connectivity index (χ0n) is 14.2. The molecule has 1 fully saturated rings. The molecule has 4 heteroatoms. The maximum atomic E-state index is 13.1. The molecule has 0 radical (unpaired) electrons. The maximum absolute atomic E-state index is 13.1. The van der Waals surface area contributed by atoms with Gasteiger partial charge in [-0.1, -0.05) is 38.5 Å². The van der Waals surface area contributed by atoms with Gasteiger partial charge in [-0.25, -0.2) is 4.79 Å². The average Bonchev–Trinajstić information content (AvgIpc) is 2.55. The lowest BCUT2D eigenvalue weighted by atomic mass is 9.89. The molecule has 2 aliphatic carbocycles. The van der Waals surface area contributed by atoms with Crippen molar-refractivity contribution in [1.29, 1.82) is 0 Å². The Morgan fingerprint density at radius 3 is 2.61 bits per heavy atom. The second-order valence-corrected chi connectivity index (χ2v) is 7.26. The molecule has 0 spiro atoms. The molecule has 0 aromatic rings. The van der Waals surface area contributed by atoms with E-state index in [0.717, 1.165) is 37.8 Å². The van der Waals surface area contributed by atoms with Gasteiger partial charge in [0.25, 0.3) is 0 Å². The van der Waals surface area contributed by atoms with Crippen LogP contribution in [0.2, 0.25) is 0 Å². The summed E-state index contributed by atoms with van der Waals surface area (Å²) >= 11 is 0. The van der Waals surface area contributed by atoms with Crippen LogP contribution in [0.25, 0.3) is 0 Å². The molecule has 0 saturated heterocycles. The van der Waals surface area contributed by atoms with Gasteiger partial charge >= 0.3 is 11.9 Å². The Morgan fingerprint density at radius 2 is 1.91 bits per heavy atom. The van der Waals surface area contributed by atoms with Crippen LogP contribution in [0, 0.1) is 11.8 Å². The van der Waals surface area contributed by atoms with Gasteiger partial charge in [0.15, 0.2) is 0 Å². The first kappa shape index (κ1) is 16.2. The number of nitrogens with zero attached hydrogens (tertiary/aromatic N) is 2. The fourth-order valence-electron chi connectivity index (χ4n) is 3.77. The molecule has 124 valence electrons. The van der Waals surface area contributed by atoms with Crippen molar-refractivity contribution < 1.29 is 14.2 Å². The first-order valence-electron chi connectivity index (χ1n) is 8.96. The van der Waals surface area contributed by atoms with Gasteiger partial charge in [0, 0.05) is 0 Å². The Balaban J connectivity index is 1.93. The lowest BCUT2D eigenvalue weighted by molar-refractivity contribution is -0.442. The Kier molecular flexibility index (Phi) is 4.79. The summed E-state index contributed by atoms with van der Waals surface area (Å²) in [5.74, 6) is 0.218. The quantitative estimate of drug-likeness (QED) is 0.745. The molecule has 0 aromatic carbocycles. The highest BCUT2D eigenvalue weighted by atomic mass is 16.2. The van der Waals surface area contributed by atoms with E-state index >= 15 is 0 Å². The Morgan fingerprint density at radius 1 is 1.17 bits per heavy atom. The predicted molar refractivity (Wildman–Crippen MR) is 90.5 cm³/mol. The summed E-state index contributed by atoms with van der Waals surface area (Å²) in [7, 11) is 0. The smallest absolute Gasteiger partial charge is 0.245 e. The van der Waals surface area contributed by atoms with Crippen LogP contribution in [0.1, 0.15) is 52.4 Å². The van der Waals surface area contributed by atoms with Crippen molar-refractivity contribution in [1.82, 2.24) is 4.90 Å². The highest BCUT2D eigenvalue weighted by Gasteiger charge is 2.49. The summed E-state index contributed by atoms with van der Waals surface area (Å²) in [4.78, 5) is 27.6. The molecule has 0 N–H and O–H groups in total. The van der Waals surface area contributed by atoms with Crippen molar-refractivity contribution in [3.63, 3.8) is 0 Å². The van der Waals surface area contributed by atoms with E-state index in [9.17, 15) is 9.59 Å². The fourth-order valence-corrected chi connectivity index (χ4v) is 3.77. The third kappa shape index (κ3) is 3.17. The Labute approximate surface area is 138 Å². The van der Waals surface area contributed by atoms with Crippen LogP contribution >= 0.6 is 0 Å². The normalized spacial score (nSPS) is 25.5. The van der Waals surface area contributed by atoms with Crippen molar-refractivity contribution in [2.45, 2.75) is 58.4 Å². The van der Waals surface area contributed by atoms with Crippen molar-refractivity contribution in [2.24, 2.45) is 11.8 Å². The summed E-state index contributed by atoms with van der Waals surface area (Å²) in [6.07, 6.45) is 14.0. The van der Waals surface area contributed by atoms with E-state index in [4.69, 9.17) is 0 Å². The Hall–Kier alpha value is -1.71. The van der Waals surface area contributed by atoms with Crippen molar-refractivity contribution in [2.75, 3.05) is 6.54 Å². The van der Waals surface area contributed by atoms with Crippen molar-refractivity contribution in [3.05, 3.63) is 24.3 Å². The van der Waals surface area contributed by atoms with Gasteiger partial charge in [-0.2, -0.15) is 14.3 Å². The molecule has 0 aromatic heterocycles. The molecule has 1 aliphatic heterocycles. The van der Waals surface area contributed by atoms with Crippen molar-refractivity contribution in [3.8, 4) is 0 Å². The molecule has 3 amide bonds. The number of allylic oxidation sites excluding steroid dienone is 3. The van der Waals surface area contributed by atoms with Crippen molar-refractivity contribution >= 4 is 17.6 Å². The number of amides is 3. The average molecular weight is 315 g/mol. The van der Waals surface area contributed by atoms with E-state index in [0.29, 0.717) is 12.5 Å². The number of hydrogen-bond acceptors (Lipinski definition) is 2. The summed E-state index contributed by atoms with van der Waals surface area (Å²) < 4.78 is 1.85. The monoisotopic (exact) mass is 315 g/mol. The van der Waals surface area contributed by atoms with Crippen LogP contribution in [0.3, 0.4) is 0 Å². The van der Waals surface area contributed by atoms with Crippen LogP contribution in [0.15, 0.2) is 24.3 Å². The molecule has 1 saturated carbocycles. The summed E-state index contributed by atoms with van der Waals surface area (Å²) in [5.41, 5.74) is 0.857. The zero-order valence-corrected chi connectivity index (χ0v) is 14.2. The van der Waals surface area contributed by atoms with Gasteiger partial charge in [-0.15, -0.1) is 0 Å². The lowest BCUT2D eigenvalue weighted by Gasteiger charge is -2.33. The third-order valence-electron chi connectivity index (χ3n) is 5.12. The third-order valence-corrected chi connectivity index (χ3v) is 5.12. The number of fused-ring (bicyclic) bond motifs is 1. The second-order valence-electron chi connectivity index (χ2n) is 7.26. The highest BCUT2D eigenvalue weighted by Crippen LogP contribution is 2.28. The molecule has 1 unspecified atom stereocenters. The van der Waals surface area contributed by atoms with Gasteiger partial charge in [0.1, 0.15) is 17.7 Å². The topological polar surface area (TPSA) is 40.4 Å². The number of carbonyl (C=O) groups is 2. The lowest BCUT2D eigenvalue weighted by Crippen LogP contribution is -2.58. The standard InChI is InChI=1S/C19H27N2O2/c1-14(2)12-13-20-17-11-7-6-10-16(17)18(22)21(19(20)23)15-8-4-3-5-9-15/h6-7,10-11,14-16H,3-5,8-9,12-13H2,1-2H3/q+1. The number of rotatable bonds is 4. The van der Waals surface area contributed by atoms with Crippen LogP contribution in [-0.2, 0) is 4.79 Å². The first-order valence-corrected chi connectivity index (χ1v) is 8.96. The van der Waals surface area contributed by atoms with Gasteiger partial charge in [0.05, 0.1) is 6.54 Å². The molecular weight excluding hydrogens is 288 g/mol. The van der Waals surface area contributed by atoms with Gasteiger partial charge < -0.3 is 0 Å². The number of urea groups is 1. The number of imide groups is 1. The minimum atomic E-state index is -0.285. The zero-order chi connectivity index (χ0) is 16.4. The van der Waals surface area contributed by atoms with Gasteiger partial charge in [0.2, 0.25) is 0 Å². The van der Waals surface area contributed by atoms with E-state index < -0.39 is 0 Å². The minimum Gasteiger partial charge on any atom is -0.245 e. The molecule has 3 aliphatic rings. The van der Waals surface area contributed by atoms with Crippen LogP contribution in [0.5, 0.6) is 0 Å². The summed E-state index contributed by atoms with van der Waals surface area (Å²) in [6, 6.07) is -0.0140. The number of hydrogen-bond donors (Lipinski definition) is 0. The SMILES string of the molecule is CC(C)CC[N+]1=C2C=CC=CC2C(=O)N(C2CCCCC2)C1=O. The molecular formula is C19H27N2O2+. The van der Waals surface area contributed by atoms with E-state index in [1.54, 1.807) is 4.90 Å². The minimum absolute atomic E-state index is 0.0294. The van der Waals surface area contributed by atoms with E-state index in [1.807, 2.05) is 28.9 Å². The predicted octanol–water partition coefficient (Wildman–Crippen LogP) is 3.52. The molecule has 0 bridgehead atoms. The molecule has 4 nitrogen and oxygen atoms in total. The molecule has 1 heterocycles. The van der Waals surface area contributed by atoms with Gasteiger partial charge in [-0.05, 0) is 44.1 Å².